The van der Waals surface area contributed by atoms with Gasteiger partial charge >= 0.3 is 5.97 Å². The molecule has 22 heavy (non-hydrogen) atoms. The van der Waals surface area contributed by atoms with E-state index >= 15 is 0 Å². The number of carboxylic acids is 1. The van der Waals surface area contributed by atoms with Gasteiger partial charge in [-0.15, -0.1) is 0 Å². The Morgan fingerprint density at radius 2 is 1.77 bits per heavy atom. The number of ether oxygens (including phenoxy) is 2. The lowest BCUT2D eigenvalue weighted by atomic mass is 10.1. The van der Waals surface area contributed by atoms with Gasteiger partial charge in [0.15, 0.2) is 0 Å². The molecule has 0 spiro atoms. The van der Waals surface area contributed by atoms with Crippen LogP contribution in [-0.4, -0.2) is 24.3 Å². The molecule has 0 atom stereocenters. The summed E-state index contributed by atoms with van der Waals surface area (Å²) in [6.45, 7) is 6.88. The number of hydrogen-bond donors (Lipinski definition) is 1. The molecule has 0 heterocycles. The van der Waals surface area contributed by atoms with E-state index in [1.54, 1.807) is 12.1 Å². The molecule has 0 aliphatic rings. The van der Waals surface area contributed by atoms with E-state index < -0.39 is 5.97 Å². The Morgan fingerprint density at radius 1 is 1.05 bits per heavy atom. The second-order valence-electron chi connectivity index (χ2n) is 5.23. The Morgan fingerprint density at radius 3 is 2.50 bits per heavy atom. The highest BCUT2D eigenvalue weighted by atomic mass is 16.5. The van der Waals surface area contributed by atoms with Crippen LogP contribution in [0.5, 0.6) is 11.5 Å². The van der Waals surface area contributed by atoms with Gasteiger partial charge < -0.3 is 14.6 Å². The Hall–Kier alpha value is -2.49. The standard InChI is InChI=1S/C18H20O4/c1-12-9-13(2)14(3)17(10-12)22-8-7-21-16-6-4-5-15(11-16)18(19)20/h4-6,9-11H,7-8H2,1-3H3,(H,19,20). The van der Waals surface area contributed by atoms with E-state index in [2.05, 4.69) is 13.0 Å². The molecule has 4 nitrogen and oxygen atoms in total. The summed E-state index contributed by atoms with van der Waals surface area (Å²) in [4.78, 5) is 10.9. The maximum Gasteiger partial charge on any atom is 0.335 e. The summed E-state index contributed by atoms with van der Waals surface area (Å²) in [5.74, 6) is 0.425. The Labute approximate surface area is 130 Å². The fraction of sp³-hybridized carbons (Fsp3) is 0.278. The van der Waals surface area contributed by atoms with Gasteiger partial charge in [0.05, 0.1) is 5.56 Å². The van der Waals surface area contributed by atoms with Gasteiger partial charge in [-0.1, -0.05) is 12.1 Å². The van der Waals surface area contributed by atoms with Crippen LogP contribution in [0, 0.1) is 20.8 Å². The lowest BCUT2D eigenvalue weighted by Crippen LogP contribution is -2.10. The van der Waals surface area contributed by atoms with E-state index in [1.807, 2.05) is 19.9 Å². The summed E-state index contributed by atoms with van der Waals surface area (Å²) in [6.07, 6.45) is 0. The van der Waals surface area contributed by atoms with E-state index in [1.165, 1.54) is 17.7 Å². The monoisotopic (exact) mass is 300 g/mol. The van der Waals surface area contributed by atoms with Crippen LogP contribution in [0.25, 0.3) is 0 Å². The molecule has 0 saturated carbocycles. The Kier molecular flexibility index (Phi) is 5.04. The molecule has 2 rings (SSSR count). The van der Waals surface area contributed by atoms with Crippen LogP contribution < -0.4 is 9.47 Å². The van der Waals surface area contributed by atoms with Gasteiger partial charge in [0.25, 0.3) is 0 Å². The molecule has 1 N–H and O–H groups in total. The second-order valence-corrected chi connectivity index (χ2v) is 5.23. The molecule has 116 valence electrons. The van der Waals surface area contributed by atoms with Gasteiger partial charge in [0.2, 0.25) is 0 Å². The summed E-state index contributed by atoms with van der Waals surface area (Å²) in [5.41, 5.74) is 3.69. The van der Waals surface area contributed by atoms with Crippen LogP contribution in [-0.2, 0) is 0 Å². The molecule has 0 bridgehead atoms. The quantitative estimate of drug-likeness (QED) is 0.825. The fourth-order valence-electron chi connectivity index (χ4n) is 2.18. The zero-order chi connectivity index (χ0) is 16.1. The first-order valence-electron chi connectivity index (χ1n) is 7.14. The van der Waals surface area contributed by atoms with Gasteiger partial charge in [-0.25, -0.2) is 4.79 Å². The molecule has 0 aliphatic heterocycles. The van der Waals surface area contributed by atoms with Gasteiger partial charge in [-0.2, -0.15) is 0 Å². The molecule has 2 aromatic carbocycles. The van der Waals surface area contributed by atoms with E-state index in [-0.39, 0.29) is 5.56 Å². The van der Waals surface area contributed by atoms with Gasteiger partial charge in [0.1, 0.15) is 24.7 Å². The number of carbonyl (C=O) groups is 1. The van der Waals surface area contributed by atoms with E-state index in [4.69, 9.17) is 14.6 Å². The molecule has 0 fully saturated rings. The van der Waals surface area contributed by atoms with Crippen LogP contribution in [0.2, 0.25) is 0 Å². The first-order chi connectivity index (χ1) is 10.5. The third kappa shape index (κ3) is 4.01. The van der Waals surface area contributed by atoms with Crippen molar-refractivity contribution in [2.75, 3.05) is 13.2 Å². The number of carboxylic acid groups (broad SMARTS) is 1. The molecule has 0 aromatic heterocycles. The number of benzene rings is 2. The summed E-state index contributed by atoms with van der Waals surface area (Å²) < 4.78 is 11.3. The second kappa shape index (κ2) is 6.98. The van der Waals surface area contributed by atoms with Crippen molar-refractivity contribution in [1.29, 1.82) is 0 Å². The smallest absolute Gasteiger partial charge is 0.335 e. The van der Waals surface area contributed by atoms with Crippen molar-refractivity contribution in [2.45, 2.75) is 20.8 Å². The lowest BCUT2D eigenvalue weighted by molar-refractivity contribution is 0.0696. The molecule has 0 amide bonds. The van der Waals surface area contributed by atoms with Crippen LogP contribution in [0.3, 0.4) is 0 Å². The van der Waals surface area contributed by atoms with E-state index in [0.29, 0.717) is 19.0 Å². The molecule has 0 unspecified atom stereocenters. The zero-order valence-electron chi connectivity index (χ0n) is 13.1. The molecular weight excluding hydrogens is 280 g/mol. The first kappa shape index (κ1) is 15.9. The minimum absolute atomic E-state index is 0.212. The Balaban J connectivity index is 1.90. The van der Waals surface area contributed by atoms with Gasteiger partial charge in [-0.3, -0.25) is 0 Å². The average molecular weight is 300 g/mol. The van der Waals surface area contributed by atoms with Crippen molar-refractivity contribution < 1.29 is 19.4 Å². The predicted molar refractivity (Wildman–Crippen MR) is 85.0 cm³/mol. The normalized spacial score (nSPS) is 10.3. The third-order valence-electron chi connectivity index (χ3n) is 3.45. The minimum atomic E-state index is -0.965. The lowest BCUT2D eigenvalue weighted by Gasteiger charge is -2.13. The van der Waals surface area contributed by atoms with E-state index in [0.717, 1.165) is 16.9 Å². The summed E-state index contributed by atoms with van der Waals surface area (Å²) in [7, 11) is 0. The van der Waals surface area contributed by atoms with E-state index in [9.17, 15) is 4.79 Å². The highest BCUT2D eigenvalue weighted by Gasteiger charge is 2.05. The fourth-order valence-corrected chi connectivity index (χ4v) is 2.18. The number of hydrogen-bond acceptors (Lipinski definition) is 3. The van der Waals surface area contributed by atoms with Crippen molar-refractivity contribution in [3.05, 3.63) is 58.7 Å². The van der Waals surface area contributed by atoms with Crippen molar-refractivity contribution in [1.82, 2.24) is 0 Å². The average Bonchev–Trinajstić information content (AvgIpc) is 2.48. The highest BCUT2D eigenvalue weighted by Crippen LogP contribution is 2.23. The molecule has 0 saturated heterocycles. The van der Waals surface area contributed by atoms with Crippen LogP contribution in [0.1, 0.15) is 27.0 Å². The summed E-state index contributed by atoms with van der Waals surface area (Å²) in [6, 6.07) is 10.6. The number of rotatable bonds is 6. The zero-order valence-corrected chi connectivity index (χ0v) is 13.1. The minimum Gasteiger partial charge on any atom is -0.490 e. The predicted octanol–water partition coefficient (Wildman–Crippen LogP) is 3.77. The first-order valence-corrected chi connectivity index (χ1v) is 7.14. The molecule has 0 radical (unpaired) electrons. The summed E-state index contributed by atoms with van der Waals surface area (Å²) >= 11 is 0. The van der Waals surface area contributed by atoms with Gasteiger partial charge in [-0.05, 0) is 61.7 Å². The summed E-state index contributed by atoms with van der Waals surface area (Å²) in [5, 5.41) is 8.93. The van der Waals surface area contributed by atoms with Crippen LogP contribution >= 0.6 is 0 Å². The highest BCUT2D eigenvalue weighted by molar-refractivity contribution is 5.87. The van der Waals surface area contributed by atoms with Crippen molar-refractivity contribution >= 4 is 5.97 Å². The third-order valence-corrected chi connectivity index (χ3v) is 3.45. The molecule has 2 aromatic rings. The number of aromatic carboxylic acids is 1. The topological polar surface area (TPSA) is 55.8 Å². The molecular formula is C18H20O4. The molecule has 0 aliphatic carbocycles. The maximum absolute atomic E-state index is 10.9. The van der Waals surface area contributed by atoms with Crippen molar-refractivity contribution in [3.63, 3.8) is 0 Å². The molecule has 4 heteroatoms. The maximum atomic E-state index is 10.9. The van der Waals surface area contributed by atoms with Gasteiger partial charge in [0, 0.05) is 0 Å². The van der Waals surface area contributed by atoms with Crippen LogP contribution in [0.4, 0.5) is 0 Å². The van der Waals surface area contributed by atoms with Crippen molar-refractivity contribution in [3.8, 4) is 11.5 Å². The number of aryl methyl sites for hydroxylation is 2. The largest absolute Gasteiger partial charge is 0.490 e. The SMILES string of the molecule is Cc1cc(C)c(C)c(OCCOc2cccc(C(=O)O)c2)c1. The van der Waals surface area contributed by atoms with Crippen LogP contribution in [0.15, 0.2) is 36.4 Å². The Bertz CT molecular complexity index is 677. The van der Waals surface area contributed by atoms with Crippen molar-refractivity contribution in [2.24, 2.45) is 0 Å².